The molecule has 1 heteroatoms. The third-order valence-corrected chi connectivity index (χ3v) is 3.31. The summed E-state index contributed by atoms with van der Waals surface area (Å²) < 4.78 is 0. The normalized spacial score (nSPS) is 13.1. The highest BCUT2D eigenvalue weighted by atomic mass is 16.3. The summed E-state index contributed by atoms with van der Waals surface area (Å²) in [6, 6.07) is 4.47. The zero-order chi connectivity index (χ0) is 13.0. The van der Waals surface area contributed by atoms with Gasteiger partial charge in [0.25, 0.3) is 0 Å². The van der Waals surface area contributed by atoms with Gasteiger partial charge in [-0.05, 0) is 62.6 Å². The van der Waals surface area contributed by atoms with Gasteiger partial charge in [0.15, 0.2) is 0 Å². The van der Waals surface area contributed by atoms with E-state index in [1.54, 1.807) is 0 Å². The lowest BCUT2D eigenvalue weighted by Crippen LogP contribution is -2.12. The van der Waals surface area contributed by atoms with Crippen LogP contribution in [-0.4, -0.2) is 11.2 Å². The molecule has 1 aromatic carbocycles. The Morgan fingerprint density at radius 3 is 2.06 bits per heavy atom. The van der Waals surface area contributed by atoms with Crippen molar-refractivity contribution in [1.82, 2.24) is 0 Å². The Hall–Kier alpha value is -0.820. The summed E-state index contributed by atoms with van der Waals surface area (Å²) in [5.74, 6) is 0.574. The lowest BCUT2D eigenvalue weighted by molar-refractivity contribution is 0.139. The average molecular weight is 234 g/mol. The van der Waals surface area contributed by atoms with Crippen molar-refractivity contribution in [1.29, 1.82) is 0 Å². The average Bonchev–Trinajstić information content (AvgIpc) is 2.14. The van der Waals surface area contributed by atoms with E-state index < -0.39 is 0 Å². The van der Waals surface area contributed by atoms with Gasteiger partial charge in [-0.25, -0.2) is 0 Å². The largest absolute Gasteiger partial charge is 0.393 e. The molecule has 0 aliphatic heterocycles. The summed E-state index contributed by atoms with van der Waals surface area (Å²) in [6.07, 6.45) is 2.62. The van der Waals surface area contributed by atoms with E-state index in [0.717, 1.165) is 19.3 Å². The van der Waals surface area contributed by atoms with Crippen LogP contribution in [-0.2, 0) is 6.42 Å². The number of hydrogen-bond donors (Lipinski definition) is 1. The van der Waals surface area contributed by atoms with Gasteiger partial charge >= 0.3 is 0 Å². The molecule has 0 radical (unpaired) electrons. The maximum atomic E-state index is 9.92. The number of rotatable bonds is 5. The Bertz CT molecular complexity index is 343. The number of hydrogen-bond acceptors (Lipinski definition) is 1. The Morgan fingerprint density at radius 2 is 1.59 bits per heavy atom. The molecule has 0 saturated heterocycles. The van der Waals surface area contributed by atoms with Crippen LogP contribution in [0.3, 0.4) is 0 Å². The van der Waals surface area contributed by atoms with Gasteiger partial charge < -0.3 is 5.11 Å². The molecule has 0 fully saturated rings. The molecule has 1 rings (SSSR count). The van der Waals surface area contributed by atoms with Crippen LogP contribution in [0.25, 0.3) is 0 Å². The molecule has 96 valence electrons. The third-order valence-electron chi connectivity index (χ3n) is 3.31. The van der Waals surface area contributed by atoms with Crippen molar-refractivity contribution in [2.24, 2.45) is 5.92 Å². The standard InChI is InChI=1S/C16H26O/c1-11(2)8-15(17)6-7-16-13(4)9-12(3)10-14(16)5/h9-11,15,17H,6-8H2,1-5H3. The third kappa shape index (κ3) is 4.51. The quantitative estimate of drug-likeness (QED) is 0.818. The minimum Gasteiger partial charge on any atom is -0.393 e. The Labute approximate surface area is 106 Å². The van der Waals surface area contributed by atoms with E-state index in [-0.39, 0.29) is 6.10 Å². The molecule has 0 aliphatic carbocycles. The van der Waals surface area contributed by atoms with Crippen LogP contribution < -0.4 is 0 Å². The van der Waals surface area contributed by atoms with Crippen LogP contribution in [0.4, 0.5) is 0 Å². The van der Waals surface area contributed by atoms with Crippen molar-refractivity contribution < 1.29 is 5.11 Å². The molecule has 1 unspecified atom stereocenters. The smallest absolute Gasteiger partial charge is 0.0545 e. The Balaban J connectivity index is 2.63. The van der Waals surface area contributed by atoms with E-state index in [1.165, 1.54) is 22.3 Å². The maximum absolute atomic E-state index is 9.92. The van der Waals surface area contributed by atoms with Gasteiger partial charge in [-0.3, -0.25) is 0 Å². The molecule has 0 spiro atoms. The Kier molecular flexibility index (Phi) is 5.20. The molecule has 0 saturated carbocycles. The Morgan fingerprint density at radius 1 is 1.06 bits per heavy atom. The van der Waals surface area contributed by atoms with E-state index in [2.05, 4.69) is 46.8 Å². The first-order chi connectivity index (χ1) is 7.90. The first kappa shape index (κ1) is 14.2. The zero-order valence-electron chi connectivity index (χ0n) is 11.9. The second-order valence-electron chi connectivity index (χ2n) is 5.70. The lowest BCUT2D eigenvalue weighted by atomic mass is 9.93. The fraction of sp³-hybridized carbons (Fsp3) is 0.625. The van der Waals surface area contributed by atoms with E-state index in [1.807, 2.05) is 0 Å². The number of aliphatic hydroxyl groups is 1. The highest BCUT2D eigenvalue weighted by Crippen LogP contribution is 2.19. The maximum Gasteiger partial charge on any atom is 0.0545 e. The second-order valence-corrected chi connectivity index (χ2v) is 5.70. The van der Waals surface area contributed by atoms with Crippen LogP contribution >= 0.6 is 0 Å². The number of aryl methyl sites for hydroxylation is 3. The molecule has 0 heterocycles. The van der Waals surface area contributed by atoms with E-state index in [0.29, 0.717) is 5.92 Å². The zero-order valence-corrected chi connectivity index (χ0v) is 11.9. The summed E-state index contributed by atoms with van der Waals surface area (Å²) in [6.45, 7) is 10.8. The van der Waals surface area contributed by atoms with E-state index in [4.69, 9.17) is 0 Å². The highest BCUT2D eigenvalue weighted by Gasteiger charge is 2.09. The van der Waals surface area contributed by atoms with Crippen molar-refractivity contribution >= 4 is 0 Å². The summed E-state index contributed by atoms with van der Waals surface area (Å²) in [5.41, 5.74) is 5.46. The van der Waals surface area contributed by atoms with Crippen LogP contribution in [0.5, 0.6) is 0 Å². The fourth-order valence-corrected chi connectivity index (χ4v) is 2.58. The number of benzene rings is 1. The van der Waals surface area contributed by atoms with Crippen molar-refractivity contribution in [3.63, 3.8) is 0 Å². The van der Waals surface area contributed by atoms with Gasteiger partial charge in [0.05, 0.1) is 6.10 Å². The highest BCUT2D eigenvalue weighted by molar-refractivity contribution is 5.37. The predicted molar refractivity (Wildman–Crippen MR) is 74.4 cm³/mol. The molecule has 1 aromatic rings. The molecule has 1 atom stereocenters. The van der Waals surface area contributed by atoms with Gasteiger partial charge in [0, 0.05) is 0 Å². The van der Waals surface area contributed by atoms with Crippen LogP contribution in [0.1, 0.15) is 48.9 Å². The molecule has 0 aliphatic rings. The number of aliphatic hydroxyl groups excluding tert-OH is 1. The van der Waals surface area contributed by atoms with Crippen LogP contribution in [0, 0.1) is 26.7 Å². The van der Waals surface area contributed by atoms with Gasteiger partial charge in [0.1, 0.15) is 0 Å². The van der Waals surface area contributed by atoms with E-state index in [9.17, 15) is 5.11 Å². The molecular formula is C16H26O. The first-order valence-corrected chi connectivity index (χ1v) is 6.65. The summed E-state index contributed by atoms with van der Waals surface area (Å²) in [7, 11) is 0. The fourth-order valence-electron chi connectivity index (χ4n) is 2.58. The summed E-state index contributed by atoms with van der Waals surface area (Å²) in [4.78, 5) is 0. The van der Waals surface area contributed by atoms with Crippen LogP contribution in [0.15, 0.2) is 12.1 Å². The van der Waals surface area contributed by atoms with Crippen molar-refractivity contribution in [3.8, 4) is 0 Å². The second kappa shape index (κ2) is 6.20. The lowest BCUT2D eigenvalue weighted by Gasteiger charge is -2.15. The molecule has 0 amide bonds. The van der Waals surface area contributed by atoms with Gasteiger partial charge in [-0.2, -0.15) is 0 Å². The molecule has 0 bridgehead atoms. The van der Waals surface area contributed by atoms with Gasteiger partial charge in [0.2, 0.25) is 0 Å². The molecule has 17 heavy (non-hydrogen) atoms. The molecular weight excluding hydrogens is 208 g/mol. The van der Waals surface area contributed by atoms with Crippen molar-refractivity contribution in [3.05, 3.63) is 34.4 Å². The monoisotopic (exact) mass is 234 g/mol. The van der Waals surface area contributed by atoms with Gasteiger partial charge in [-0.1, -0.05) is 31.5 Å². The minimum atomic E-state index is -0.157. The van der Waals surface area contributed by atoms with Gasteiger partial charge in [-0.15, -0.1) is 0 Å². The first-order valence-electron chi connectivity index (χ1n) is 6.65. The minimum absolute atomic E-state index is 0.157. The molecule has 1 N–H and O–H groups in total. The van der Waals surface area contributed by atoms with Crippen molar-refractivity contribution in [2.45, 2.75) is 60.0 Å². The molecule has 1 nitrogen and oxygen atoms in total. The molecule has 0 aromatic heterocycles. The van der Waals surface area contributed by atoms with E-state index >= 15 is 0 Å². The SMILES string of the molecule is Cc1cc(C)c(CCC(O)CC(C)C)c(C)c1. The van der Waals surface area contributed by atoms with Crippen LogP contribution in [0.2, 0.25) is 0 Å². The summed E-state index contributed by atoms with van der Waals surface area (Å²) >= 11 is 0. The summed E-state index contributed by atoms with van der Waals surface area (Å²) in [5, 5.41) is 9.92. The van der Waals surface area contributed by atoms with Crippen molar-refractivity contribution in [2.75, 3.05) is 0 Å². The topological polar surface area (TPSA) is 20.2 Å². The predicted octanol–water partition coefficient (Wildman–Crippen LogP) is 3.95.